The van der Waals surface area contributed by atoms with Crippen LogP contribution in [-0.4, -0.2) is 11.6 Å². The molecule has 4 aliphatic carbocycles. The first kappa shape index (κ1) is 11.1. The van der Waals surface area contributed by atoms with Gasteiger partial charge in [-0.15, -0.1) is 0 Å². The lowest BCUT2D eigenvalue weighted by molar-refractivity contribution is -0.161. The van der Waals surface area contributed by atoms with Crippen LogP contribution in [0.2, 0.25) is 0 Å². The average Bonchev–Trinajstić information content (AvgIpc) is 3.05. The Morgan fingerprint density at radius 3 is 2.61 bits per heavy atom. The second-order valence-electron chi connectivity index (χ2n) is 7.05. The van der Waals surface area contributed by atoms with Crippen molar-refractivity contribution in [1.29, 1.82) is 0 Å². The number of carbonyl (C=O) groups excluding carboxylic acids is 1. The van der Waals surface area contributed by atoms with Crippen molar-refractivity contribution in [2.75, 3.05) is 0 Å². The Kier molecular flexibility index (Phi) is 2.09. The first-order chi connectivity index (χ1) is 8.64. The Labute approximate surface area is 109 Å². The predicted molar refractivity (Wildman–Crippen MR) is 68.7 cm³/mol. The molecule has 4 saturated carbocycles. The van der Waals surface area contributed by atoms with Gasteiger partial charge in [0.05, 0.1) is 0 Å². The molecule has 98 valence electrons. The summed E-state index contributed by atoms with van der Waals surface area (Å²) in [5.74, 6) is 4.94. The Morgan fingerprint density at radius 2 is 1.94 bits per heavy atom. The zero-order valence-corrected chi connectivity index (χ0v) is 11.1. The molecule has 2 heteroatoms. The van der Waals surface area contributed by atoms with Crippen molar-refractivity contribution in [1.82, 2.24) is 0 Å². The summed E-state index contributed by atoms with van der Waals surface area (Å²) in [4.78, 5) is 11.4. The van der Waals surface area contributed by atoms with E-state index in [0.29, 0.717) is 5.92 Å². The summed E-state index contributed by atoms with van der Waals surface area (Å²) in [7, 11) is 0. The third-order valence-electron chi connectivity index (χ3n) is 6.50. The number of ether oxygens (including phenoxy) is 1. The molecule has 4 bridgehead atoms. The average molecular weight is 246 g/mol. The van der Waals surface area contributed by atoms with Crippen molar-refractivity contribution in [2.45, 2.75) is 44.6 Å². The minimum Gasteiger partial charge on any atom is -0.455 e. The van der Waals surface area contributed by atoms with E-state index in [-0.39, 0.29) is 11.6 Å². The highest BCUT2D eigenvalue weighted by atomic mass is 16.6. The lowest BCUT2D eigenvalue weighted by atomic mass is 9.65. The number of carbonyl (C=O) groups is 1. The van der Waals surface area contributed by atoms with Crippen LogP contribution in [0.1, 0.15) is 39.0 Å². The van der Waals surface area contributed by atoms with Gasteiger partial charge in [-0.2, -0.15) is 0 Å². The summed E-state index contributed by atoms with van der Waals surface area (Å²) in [6.45, 7) is 5.52. The molecule has 0 amide bonds. The van der Waals surface area contributed by atoms with Crippen molar-refractivity contribution in [2.24, 2.45) is 35.5 Å². The summed E-state index contributed by atoms with van der Waals surface area (Å²) in [6.07, 6.45) is 8.61. The summed E-state index contributed by atoms with van der Waals surface area (Å²) >= 11 is 0. The largest absolute Gasteiger partial charge is 0.455 e. The van der Waals surface area contributed by atoms with E-state index in [0.717, 1.165) is 36.0 Å². The Balaban J connectivity index is 1.68. The number of hydrogen-bond donors (Lipinski definition) is 0. The fourth-order valence-electron chi connectivity index (χ4n) is 6.28. The maximum absolute atomic E-state index is 11.4. The molecule has 4 aliphatic rings. The molecule has 0 saturated heterocycles. The number of esters is 1. The van der Waals surface area contributed by atoms with Gasteiger partial charge >= 0.3 is 5.97 Å². The van der Waals surface area contributed by atoms with E-state index >= 15 is 0 Å². The topological polar surface area (TPSA) is 26.3 Å². The molecular formula is C16H22O2. The van der Waals surface area contributed by atoms with E-state index in [9.17, 15) is 4.79 Å². The molecule has 18 heavy (non-hydrogen) atoms. The van der Waals surface area contributed by atoms with Crippen LogP contribution in [0, 0.1) is 35.5 Å². The zero-order valence-electron chi connectivity index (χ0n) is 11.1. The van der Waals surface area contributed by atoms with Crippen LogP contribution >= 0.6 is 0 Å². The van der Waals surface area contributed by atoms with Crippen LogP contribution in [0.15, 0.2) is 12.7 Å². The zero-order chi connectivity index (χ0) is 12.5. The molecule has 4 rings (SSSR count). The van der Waals surface area contributed by atoms with Crippen molar-refractivity contribution >= 4 is 5.97 Å². The SMILES string of the molecule is C=CC1(OC(C)=O)CC2CC1C1C3CCC(C3)C21. The summed E-state index contributed by atoms with van der Waals surface area (Å²) < 4.78 is 5.74. The lowest BCUT2D eigenvalue weighted by Crippen LogP contribution is -2.46. The summed E-state index contributed by atoms with van der Waals surface area (Å²) in [5.41, 5.74) is -0.317. The van der Waals surface area contributed by atoms with Crippen molar-refractivity contribution < 1.29 is 9.53 Å². The van der Waals surface area contributed by atoms with Crippen molar-refractivity contribution in [3.8, 4) is 0 Å². The van der Waals surface area contributed by atoms with E-state index in [1.807, 2.05) is 6.08 Å². The van der Waals surface area contributed by atoms with Crippen LogP contribution in [0.5, 0.6) is 0 Å². The van der Waals surface area contributed by atoms with Crippen molar-refractivity contribution in [3.63, 3.8) is 0 Å². The van der Waals surface area contributed by atoms with Gasteiger partial charge in [0.25, 0.3) is 0 Å². The molecule has 2 nitrogen and oxygen atoms in total. The van der Waals surface area contributed by atoms with Crippen LogP contribution in [-0.2, 0) is 9.53 Å². The highest BCUT2D eigenvalue weighted by Gasteiger charge is 2.67. The Morgan fingerprint density at radius 1 is 1.22 bits per heavy atom. The van der Waals surface area contributed by atoms with E-state index in [1.54, 1.807) is 0 Å². The highest BCUT2D eigenvalue weighted by molar-refractivity contribution is 5.67. The third kappa shape index (κ3) is 1.17. The predicted octanol–water partition coefficient (Wildman–Crippen LogP) is 3.18. The fraction of sp³-hybridized carbons (Fsp3) is 0.812. The molecule has 0 heterocycles. The monoisotopic (exact) mass is 246 g/mol. The van der Waals surface area contributed by atoms with E-state index in [1.165, 1.54) is 32.6 Å². The van der Waals surface area contributed by atoms with Crippen LogP contribution in [0.25, 0.3) is 0 Å². The van der Waals surface area contributed by atoms with Gasteiger partial charge in [-0.25, -0.2) is 0 Å². The summed E-state index contributed by atoms with van der Waals surface area (Å²) in [6, 6.07) is 0. The molecule has 0 radical (unpaired) electrons. The molecule has 0 aliphatic heterocycles. The number of hydrogen-bond acceptors (Lipinski definition) is 2. The van der Waals surface area contributed by atoms with Crippen LogP contribution in [0.4, 0.5) is 0 Å². The molecular weight excluding hydrogens is 224 g/mol. The van der Waals surface area contributed by atoms with Gasteiger partial charge in [0.2, 0.25) is 0 Å². The third-order valence-corrected chi connectivity index (χ3v) is 6.50. The standard InChI is InChI=1S/C16H22O2/c1-3-16(18-9(2)17)8-12-7-13(16)15-11-5-4-10(6-11)14(12)15/h3,10-15H,1,4-8H2,2H3. The lowest BCUT2D eigenvalue weighted by Gasteiger charge is -2.44. The fourth-order valence-corrected chi connectivity index (χ4v) is 6.28. The van der Waals surface area contributed by atoms with Gasteiger partial charge in [-0.3, -0.25) is 4.79 Å². The normalized spacial score (nSPS) is 55.6. The highest BCUT2D eigenvalue weighted by Crippen LogP contribution is 2.70. The van der Waals surface area contributed by atoms with E-state index in [2.05, 4.69) is 6.58 Å². The quantitative estimate of drug-likeness (QED) is 0.425. The van der Waals surface area contributed by atoms with Gasteiger partial charge in [0.15, 0.2) is 0 Å². The van der Waals surface area contributed by atoms with E-state index in [4.69, 9.17) is 4.74 Å². The van der Waals surface area contributed by atoms with Gasteiger partial charge < -0.3 is 4.74 Å². The smallest absolute Gasteiger partial charge is 0.303 e. The van der Waals surface area contributed by atoms with Gasteiger partial charge in [-0.05, 0) is 67.8 Å². The van der Waals surface area contributed by atoms with Crippen LogP contribution < -0.4 is 0 Å². The Bertz CT molecular complexity index is 415. The molecule has 0 aromatic heterocycles. The van der Waals surface area contributed by atoms with Crippen molar-refractivity contribution in [3.05, 3.63) is 12.7 Å². The van der Waals surface area contributed by atoms with Gasteiger partial charge in [0.1, 0.15) is 5.60 Å². The summed E-state index contributed by atoms with van der Waals surface area (Å²) in [5, 5.41) is 0. The molecule has 0 spiro atoms. The number of fused-ring (bicyclic) bond motifs is 9. The van der Waals surface area contributed by atoms with Gasteiger partial charge in [0, 0.05) is 12.8 Å². The van der Waals surface area contributed by atoms with Gasteiger partial charge in [-0.1, -0.05) is 6.58 Å². The maximum atomic E-state index is 11.4. The van der Waals surface area contributed by atoms with Crippen LogP contribution in [0.3, 0.4) is 0 Å². The number of rotatable bonds is 2. The molecule has 7 unspecified atom stereocenters. The maximum Gasteiger partial charge on any atom is 0.303 e. The molecule has 0 N–H and O–H groups in total. The molecule has 7 atom stereocenters. The molecule has 0 aromatic rings. The molecule has 0 aromatic carbocycles. The first-order valence-electron chi connectivity index (χ1n) is 7.48. The second-order valence-corrected chi connectivity index (χ2v) is 7.05. The molecule has 4 fully saturated rings. The minimum absolute atomic E-state index is 0.137. The minimum atomic E-state index is -0.317. The Hall–Kier alpha value is -0.790. The second kappa shape index (κ2) is 3.40. The van der Waals surface area contributed by atoms with E-state index < -0.39 is 0 Å². The first-order valence-corrected chi connectivity index (χ1v) is 7.48.